The molecule has 0 fully saturated rings. The first-order valence-electron chi connectivity index (χ1n) is 6.64. The van der Waals surface area contributed by atoms with Crippen LogP contribution in [0.3, 0.4) is 0 Å². The molecule has 0 aliphatic rings. The minimum atomic E-state index is -0.301. The van der Waals surface area contributed by atoms with Crippen molar-refractivity contribution in [2.75, 3.05) is 6.54 Å². The van der Waals surface area contributed by atoms with Crippen molar-refractivity contribution in [3.8, 4) is 6.07 Å². The second-order valence-electron chi connectivity index (χ2n) is 4.57. The third-order valence-electron chi connectivity index (χ3n) is 3.03. The monoisotopic (exact) mass is 272 g/mol. The fourth-order valence-corrected chi connectivity index (χ4v) is 1.98. The van der Waals surface area contributed by atoms with Gasteiger partial charge in [0.25, 0.3) is 0 Å². The number of rotatable bonds is 6. The predicted octanol–water partition coefficient (Wildman–Crippen LogP) is 2.44. The van der Waals surface area contributed by atoms with Crippen LogP contribution in [0.5, 0.6) is 0 Å². The van der Waals surface area contributed by atoms with Crippen molar-refractivity contribution < 1.29 is 4.39 Å². The van der Waals surface area contributed by atoms with E-state index in [-0.39, 0.29) is 5.82 Å². The lowest BCUT2D eigenvalue weighted by atomic mass is 10.1. The highest BCUT2D eigenvalue weighted by Crippen LogP contribution is 2.13. The second kappa shape index (κ2) is 6.83. The summed E-state index contributed by atoms with van der Waals surface area (Å²) in [7, 11) is 0. The van der Waals surface area contributed by atoms with Gasteiger partial charge in [0, 0.05) is 18.0 Å². The molecule has 0 amide bonds. The van der Waals surface area contributed by atoms with Crippen LogP contribution in [0, 0.1) is 17.1 Å². The van der Waals surface area contributed by atoms with Gasteiger partial charge in [-0.15, -0.1) is 0 Å². The number of nitrogens with one attached hydrogen (secondary N) is 1. The molecule has 0 saturated heterocycles. The lowest BCUT2D eigenvalue weighted by Gasteiger charge is -2.09. The second-order valence-corrected chi connectivity index (χ2v) is 4.57. The molecule has 2 rings (SSSR count). The highest BCUT2D eigenvalue weighted by molar-refractivity contribution is 5.34. The number of hydrogen-bond acceptors (Lipinski definition) is 3. The summed E-state index contributed by atoms with van der Waals surface area (Å²) in [5.74, 6) is 0.561. The van der Waals surface area contributed by atoms with Gasteiger partial charge in [-0.1, -0.05) is 6.92 Å². The van der Waals surface area contributed by atoms with Crippen molar-refractivity contribution in [3.05, 3.63) is 53.4 Å². The number of imidazole rings is 1. The molecule has 4 nitrogen and oxygen atoms in total. The molecule has 0 aliphatic heterocycles. The van der Waals surface area contributed by atoms with Crippen LogP contribution < -0.4 is 5.32 Å². The number of hydrogen-bond donors (Lipinski definition) is 1. The Balaban J connectivity index is 2.14. The van der Waals surface area contributed by atoms with Gasteiger partial charge >= 0.3 is 0 Å². The molecule has 1 aromatic carbocycles. The summed E-state index contributed by atoms with van der Waals surface area (Å²) in [5, 5.41) is 12.1. The van der Waals surface area contributed by atoms with Crippen LogP contribution in [0.4, 0.5) is 4.39 Å². The van der Waals surface area contributed by atoms with E-state index in [1.54, 1.807) is 12.3 Å². The van der Waals surface area contributed by atoms with Crippen LogP contribution in [-0.2, 0) is 13.1 Å². The third-order valence-corrected chi connectivity index (χ3v) is 3.03. The summed E-state index contributed by atoms with van der Waals surface area (Å²) in [6.45, 7) is 4.05. The number of aromatic nitrogens is 2. The summed E-state index contributed by atoms with van der Waals surface area (Å²) in [6, 6.07) is 6.42. The van der Waals surface area contributed by atoms with Gasteiger partial charge in [-0.05, 0) is 31.2 Å². The molecule has 0 bridgehead atoms. The maximum Gasteiger partial charge on any atom is 0.128 e. The van der Waals surface area contributed by atoms with Gasteiger partial charge in [0.2, 0.25) is 0 Å². The average Bonchev–Trinajstić information content (AvgIpc) is 2.89. The zero-order valence-corrected chi connectivity index (χ0v) is 11.4. The van der Waals surface area contributed by atoms with E-state index in [9.17, 15) is 4.39 Å². The van der Waals surface area contributed by atoms with Crippen LogP contribution in [-0.4, -0.2) is 16.1 Å². The molecular formula is C15H17FN4. The van der Waals surface area contributed by atoms with Crippen molar-refractivity contribution in [2.24, 2.45) is 0 Å². The number of halogens is 1. The normalized spacial score (nSPS) is 10.4. The Morgan fingerprint density at radius 3 is 3.05 bits per heavy atom. The van der Waals surface area contributed by atoms with E-state index < -0.39 is 0 Å². The van der Waals surface area contributed by atoms with Crippen LogP contribution in [0.25, 0.3) is 0 Å². The Labute approximate surface area is 117 Å². The van der Waals surface area contributed by atoms with E-state index >= 15 is 0 Å². The molecule has 1 aromatic heterocycles. The van der Waals surface area contributed by atoms with Gasteiger partial charge < -0.3 is 9.88 Å². The Hall–Kier alpha value is -2.19. The van der Waals surface area contributed by atoms with Crippen molar-refractivity contribution in [1.29, 1.82) is 5.26 Å². The quantitative estimate of drug-likeness (QED) is 0.822. The largest absolute Gasteiger partial charge is 0.329 e. The van der Waals surface area contributed by atoms with Crippen LogP contribution in [0.15, 0.2) is 30.6 Å². The fraction of sp³-hybridized carbons (Fsp3) is 0.333. The number of nitriles is 1. The van der Waals surface area contributed by atoms with Crippen molar-refractivity contribution in [1.82, 2.24) is 14.9 Å². The minimum absolute atomic E-state index is 0.301. The Kier molecular flexibility index (Phi) is 4.85. The molecule has 0 saturated carbocycles. The molecule has 20 heavy (non-hydrogen) atoms. The molecule has 2 aromatic rings. The first-order chi connectivity index (χ1) is 9.74. The van der Waals surface area contributed by atoms with E-state index in [4.69, 9.17) is 5.26 Å². The Bertz CT molecular complexity index is 613. The molecule has 0 radical (unpaired) electrons. The van der Waals surface area contributed by atoms with Crippen LogP contribution in [0.1, 0.15) is 30.3 Å². The minimum Gasteiger partial charge on any atom is -0.329 e. The van der Waals surface area contributed by atoms with Gasteiger partial charge in [-0.3, -0.25) is 0 Å². The SMILES string of the molecule is CCCNCc1nccn1Cc1cc(C#N)ccc1F. The maximum atomic E-state index is 13.8. The van der Waals surface area contributed by atoms with Crippen LogP contribution >= 0.6 is 0 Å². The van der Waals surface area contributed by atoms with Crippen molar-refractivity contribution in [2.45, 2.75) is 26.4 Å². The Morgan fingerprint density at radius 1 is 1.45 bits per heavy atom. The van der Waals surface area contributed by atoms with Gasteiger partial charge in [-0.2, -0.15) is 5.26 Å². The zero-order chi connectivity index (χ0) is 14.4. The van der Waals surface area contributed by atoms with Gasteiger partial charge in [0.05, 0.1) is 24.7 Å². The molecule has 1 heterocycles. The number of nitrogens with zero attached hydrogens (tertiary/aromatic N) is 3. The van der Waals surface area contributed by atoms with Crippen LogP contribution in [0.2, 0.25) is 0 Å². The van der Waals surface area contributed by atoms with Gasteiger partial charge in [0.1, 0.15) is 11.6 Å². The van der Waals surface area contributed by atoms with Gasteiger partial charge in [0.15, 0.2) is 0 Å². The highest BCUT2D eigenvalue weighted by atomic mass is 19.1. The summed E-state index contributed by atoms with van der Waals surface area (Å²) in [5.41, 5.74) is 0.964. The van der Waals surface area contributed by atoms with E-state index in [0.29, 0.717) is 24.2 Å². The summed E-state index contributed by atoms with van der Waals surface area (Å²) < 4.78 is 15.7. The Morgan fingerprint density at radius 2 is 2.30 bits per heavy atom. The maximum absolute atomic E-state index is 13.8. The molecular weight excluding hydrogens is 255 g/mol. The lowest BCUT2D eigenvalue weighted by molar-refractivity contribution is 0.581. The van der Waals surface area contributed by atoms with Gasteiger partial charge in [-0.25, -0.2) is 9.37 Å². The van der Waals surface area contributed by atoms with Crippen molar-refractivity contribution in [3.63, 3.8) is 0 Å². The van der Waals surface area contributed by atoms with E-state index in [0.717, 1.165) is 18.8 Å². The molecule has 104 valence electrons. The average molecular weight is 272 g/mol. The van der Waals surface area contributed by atoms with Crippen molar-refractivity contribution >= 4 is 0 Å². The molecule has 5 heteroatoms. The topological polar surface area (TPSA) is 53.6 Å². The molecule has 0 unspecified atom stereocenters. The zero-order valence-electron chi connectivity index (χ0n) is 11.4. The smallest absolute Gasteiger partial charge is 0.128 e. The molecule has 0 atom stereocenters. The molecule has 0 spiro atoms. The first kappa shape index (κ1) is 14.2. The summed E-state index contributed by atoms with van der Waals surface area (Å²) >= 11 is 0. The molecule has 0 aliphatic carbocycles. The standard InChI is InChI=1S/C15H17FN4/c1-2-5-18-10-15-19-6-7-20(15)11-13-8-12(9-17)3-4-14(13)16/h3-4,6-8,18H,2,5,10-11H2,1H3. The fourth-order valence-electron chi connectivity index (χ4n) is 1.98. The summed E-state index contributed by atoms with van der Waals surface area (Å²) in [6.07, 6.45) is 4.58. The van der Waals surface area contributed by atoms with E-state index in [2.05, 4.69) is 17.2 Å². The lowest BCUT2D eigenvalue weighted by Crippen LogP contribution is -2.18. The third kappa shape index (κ3) is 3.43. The summed E-state index contributed by atoms with van der Waals surface area (Å²) in [4.78, 5) is 4.27. The van der Waals surface area contributed by atoms with E-state index in [1.807, 2.05) is 16.8 Å². The molecule has 1 N–H and O–H groups in total. The highest BCUT2D eigenvalue weighted by Gasteiger charge is 2.08. The number of benzene rings is 1. The first-order valence-corrected chi connectivity index (χ1v) is 6.64. The predicted molar refractivity (Wildman–Crippen MR) is 74.4 cm³/mol. The van der Waals surface area contributed by atoms with E-state index in [1.165, 1.54) is 12.1 Å².